The highest BCUT2D eigenvalue weighted by Crippen LogP contribution is 2.36. The first-order valence-corrected chi connectivity index (χ1v) is 8.06. The Morgan fingerprint density at radius 3 is 2.54 bits per heavy atom. The summed E-state index contributed by atoms with van der Waals surface area (Å²) >= 11 is 0. The number of aromatic amines is 1. The van der Waals surface area contributed by atoms with Gasteiger partial charge in [-0.25, -0.2) is 4.98 Å². The minimum Gasteiger partial charge on any atom is -0.453 e. The van der Waals surface area contributed by atoms with Crippen LogP contribution in [0.5, 0.6) is 11.5 Å². The van der Waals surface area contributed by atoms with Crippen LogP contribution in [0.3, 0.4) is 0 Å². The summed E-state index contributed by atoms with van der Waals surface area (Å²) in [4.78, 5) is 12.1. The average molecular weight is 350 g/mol. The van der Waals surface area contributed by atoms with Crippen molar-refractivity contribution in [1.82, 2.24) is 20.1 Å². The summed E-state index contributed by atoms with van der Waals surface area (Å²) in [5.74, 6) is 2.99. The van der Waals surface area contributed by atoms with Crippen LogP contribution in [0, 0.1) is 27.7 Å². The zero-order chi connectivity index (χ0) is 17.6. The molecule has 4 rings (SSSR count). The molecule has 0 aliphatic heterocycles. The molecule has 0 amide bonds. The van der Waals surface area contributed by atoms with Crippen LogP contribution in [0.25, 0.3) is 22.2 Å². The van der Waals surface area contributed by atoms with Gasteiger partial charge in [0, 0.05) is 11.8 Å². The molecule has 3 heterocycles. The fraction of sp³-hybridized carbons (Fsp3) is 0.250. The third kappa shape index (κ3) is 2.94. The molecule has 4 aromatic rings. The van der Waals surface area contributed by atoms with Crippen molar-refractivity contribution in [1.29, 1.82) is 0 Å². The van der Waals surface area contributed by atoms with Gasteiger partial charge in [0.25, 0.3) is 0 Å². The number of hydrogen-bond donors (Lipinski definition) is 1. The van der Waals surface area contributed by atoms with Crippen molar-refractivity contribution in [2.45, 2.75) is 35.1 Å². The van der Waals surface area contributed by atoms with E-state index in [0.29, 0.717) is 11.5 Å². The van der Waals surface area contributed by atoms with Gasteiger partial charge >= 0.3 is 0 Å². The van der Waals surface area contributed by atoms with Gasteiger partial charge in [-0.15, -0.1) is 0 Å². The predicted molar refractivity (Wildman–Crippen MR) is 102 cm³/mol. The second kappa shape index (κ2) is 6.63. The molecule has 26 heavy (non-hydrogen) atoms. The van der Waals surface area contributed by atoms with Crippen molar-refractivity contribution in [3.63, 3.8) is 0 Å². The van der Waals surface area contributed by atoms with E-state index < -0.39 is 0 Å². The predicted octanol–water partition coefficient (Wildman–Crippen LogP) is 5.27. The first-order valence-electron chi connectivity index (χ1n) is 8.06. The third-order valence-corrected chi connectivity index (χ3v) is 4.17. The largest absolute Gasteiger partial charge is 0.453 e. The van der Waals surface area contributed by atoms with Crippen molar-refractivity contribution < 1.29 is 9.26 Å². The highest BCUT2D eigenvalue weighted by molar-refractivity contribution is 5.88. The normalized spacial score (nSPS) is 10.8. The molecule has 134 valence electrons. The first kappa shape index (κ1) is 17.7. The van der Waals surface area contributed by atoms with E-state index in [1.807, 2.05) is 52.0 Å². The molecular weight excluding hydrogens is 328 g/mol. The van der Waals surface area contributed by atoms with Crippen LogP contribution in [-0.2, 0) is 0 Å². The monoisotopic (exact) mass is 350 g/mol. The molecule has 0 aliphatic rings. The number of rotatable bonds is 3. The van der Waals surface area contributed by atoms with Gasteiger partial charge in [-0.1, -0.05) is 12.6 Å². The van der Waals surface area contributed by atoms with Crippen LogP contribution >= 0.6 is 0 Å². The van der Waals surface area contributed by atoms with E-state index in [0.717, 1.165) is 45.1 Å². The quantitative estimate of drug-likeness (QED) is 0.544. The molecule has 6 nitrogen and oxygen atoms in total. The van der Waals surface area contributed by atoms with Crippen LogP contribution in [0.15, 0.2) is 35.0 Å². The summed E-state index contributed by atoms with van der Waals surface area (Å²) in [6.07, 6.45) is 1.75. The number of aryl methyl sites for hydroxylation is 4. The lowest BCUT2D eigenvalue weighted by molar-refractivity contribution is 0.393. The maximum absolute atomic E-state index is 6.16. The van der Waals surface area contributed by atoms with Crippen molar-refractivity contribution in [3.8, 4) is 22.6 Å². The molecule has 0 fully saturated rings. The van der Waals surface area contributed by atoms with Crippen LogP contribution < -0.4 is 4.74 Å². The Morgan fingerprint density at radius 1 is 1.04 bits per heavy atom. The maximum atomic E-state index is 6.16. The van der Waals surface area contributed by atoms with Gasteiger partial charge in [0.2, 0.25) is 0 Å². The Kier molecular flexibility index (Phi) is 4.50. The Balaban J connectivity index is 0.00000196. The second-order valence-electron chi connectivity index (χ2n) is 6.08. The lowest BCUT2D eigenvalue weighted by Gasteiger charge is -2.10. The fourth-order valence-corrected chi connectivity index (χ4v) is 3.02. The first-order chi connectivity index (χ1) is 12.0. The number of aromatic nitrogens is 4. The molecule has 0 saturated carbocycles. The lowest BCUT2D eigenvalue weighted by atomic mass is 10.0. The molecule has 0 atom stereocenters. The minimum absolute atomic E-state index is 0. The van der Waals surface area contributed by atoms with Crippen molar-refractivity contribution in [2.75, 3.05) is 0 Å². The summed E-state index contributed by atoms with van der Waals surface area (Å²) in [7, 11) is 0. The highest BCUT2D eigenvalue weighted by atomic mass is 16.5. The third-order valence-electron chi connectivity index (χ3n) is 4.17. The SMILES string of the molecule is C.Cc1nc2c(Oc3cccnc3C)cc(-c3c(C)noc3C)cc2[nH]1. The van der Waals surface area contributed by atoms with Crippen LogP contribution in [0.2, 0.25) is 0 Å². The van der Waals surface area contributed by atoms with Gasteiger partial charge in [-0.2, -0.15) is 0 Å². The van der Waals surface area contributed by atoms with E-state index in [1.165, 1.54) is 0 Å². The van der Waals surface area contributed by atoms with Gasteiger partial charge in [0.15, 0.2) is 5.75 Å². The molecule has 3 aromatic heterocycles. The zero-order valence-electron chi connectivity index (χ0n) is 14.5. The number of hydrogen-bond acceptors (Lipinski definition) is 5. The number of benzene rings is 1. The summed E-state index contributed by atoms with van der Waals surface area (Å²) in [6, 6.07) is 7.77. The minimum atomic E-state index is 0. The molecule has 0 unspecified atom stereocenters. The van der Waals surface area contributed by atoms with Crippen LogP contribution in [0.4, 0.5) is 0 Å². The summed E-state index contributed by atoms with van der Waals surface area (Å²) < 4.78 is 11.5. The van der Waals surface area contributed by atoms with Crippen molar-refractivity contribution in [3.05, 3.63) is 53.4 Å². The van der Waals surface area contributed by atoms with E-state index in [1.54, 1.807) is 6.20 Å². The van der Waals surface area contributed by atoms with Gasteiger partial charge in [0.05, 0.1) is 16.9 Å². The van der Waals surface area contributed by atoms with Gasteiger partial charge in [0.1, 0.15) is 22.9 Å². The number of pyridine rings is 1. The van der Waals surface area contributed by atoms with E-state index in [2.05, 4.69) is 20.1 Å². The Bertz CT molecular complexity index is 1060. The highest BCUT2D eigenvalue weighted by Gasteiger charge is 2.17. The standard InChI is InChI=1S/C19H18N4O2.CH4/c1-10-16(6-5-7-20-10)24-17-9-14(18-11(2)23-25-12(18)3)8-15-19(17)22-13(4)21-15;/h5-9H,1-4H3,(H,21,22);1H4. The molecule has 1 aromatic carbocycles. The Hall–Kier alpha value is -3.15. The summed E-state index contributed by atoms with van der Waals surface area (Å²) in [5, 5.41) is 4.05. The number of fused-ring (bicyclic) bond motifs is 1. The second-order valence-corrected chi connectivity index (χ2v) is 6.08. The van der Waals surface area contributed by atoms with Crippen LogP contribution in [0.1, 0.15) is 30.4 Å². The average Bonchev–Trinajstić information content (AvgIpc) is 3.11. The van der Waals surface area contributed by atoms with Crippen molar-refractivity contribution in [2.24, 2.45) is 0 Å². The van der Waals surface area contributed by atoms with E-state index in [9.17, 15) is 0 Å². The summed E-state index contributed by atoms with van der Waals surface area (Å²) in [5.41, 5.74) is 5.32. The Morgan fingerprint density at radius 2 is 1.85 bits per heavy atom. The molecule has 0 radical (unpaired) electrons. The molecule has 0 saturated heterocycles. The molecule has 6 heteroatoms. The molecule has 0 bridgehead atoms. The van der Waals surface area contributed by atoms with E-state index in [4.69, 9.17) is 9.26 Å². The number of nitrogens with one attached hydrogen (secondary N) is 1. The van der Waals surface area contributed by atoms with Crippen molar-refractivity contribution >= 4 is 11.0 Å². The van der Waals surface area contributed by atoms with Gasteiger partial charge in [-0.3, -0.25) is 4.98 Å². The number of ether oxygens (including phenoxy) is 1. The maximum Gasteiger partial charge on any atom is 0.155 e. The molecule has 1 N–H and O–H groups in total. The fourth-order valence-electron chi connectivity index (χ4n) is 3.02. The topological polar surface area (TPSA) is 76.8 Å². The molecule has 0 spiro atoms. The lowest BCUT2D eigenvalue weighted by Crippen LogP contribution is -1.92. The smallest absolute Gasteiger partial charge is 0.155 e. The molecule has 0 aliphatic carbocycles. The van der Waals surface area contributed by atoms with Gasteiger partial charge in [-0.05, 0) is 57.5 Å². The number of imidazole rings is 1. The van der Waals surface area contributed by atoms with E-state index >= 15 is 0 Å². The number of nitrogens with zero attached hydrogens (tertiary/aromatic N) is 3. The number of H-pyrrole nitrogens is 1. The Labute approximate surface area is 152 Å². The van der Waals surface area contributed by atoms with E-state index in [-0.39, 0.29) is 7.43 Å². The molecular formula is C20H22N4O2. The van der Waals surface area contributed by atoms with Crippen LogP contribution in [-0.4, -0.2) is 20.1 Å². The summed E-state index contributed by atoms with van der Waals surface area (Å²) in [6.45, 7) is 7.68. The van der Waals surface area contributed by atoms with Gasteiger partial charge < -0.3 is 14.2 Å². The zero-order valence-corrected chi connectivity index (χ0v) is 14.5.